The van der Waals surface area contributed by atoms with Crippen LogP contribution in [0.15, 0.2) is 53.5 Å². The summed E-state index contributed by atoms with van der Waals surface area (Å²) in [4.78, 5) is 42.2. The topological polar surface area (TPSA) is 97.3 Å². The van der Waals surface area contributed by atoms with E-state index in [-0.39, 0.29) is 17.9 Å². The van der Waals surface area contributed by atoms with E-state index in [0.29, 0.717) is 36.0 Å². The number of para-hydroxylation sites is 1. The summed E-state index contributed by atoms with van der Waals surface area (Å²) in [5, 5.41) is 5.62. The van der Waals surface area contributed by atoms with Gasteiger partial charge in [0.25, 0.3) is 0 Å². The molecule has 2 aromatic heterocycles. The molecule has 1 amide bonds. The number of carbonyl (C=O) groups is 2. The van der Waals surface area contributed by atoms with Gasteiger partial charge in [-0.3, -0.25) is 14.3 Å². The lowest BCUT2D eigenvalue weighted by atomic mass is 10.0. The Morgan fingerprint density at radius 2 is 2.00 bits per heavy atom. The number of nitrogens with one attached hydrogen (secondary N) is 1. The molecule has 0 fully saturated rings. The van der Waals surface area contributed by atoms with Crippen LogP contribution in [0.2, 0.25) is 0 Å². The number of rotatable bonds is 3. The minimum Gasteiger partial charge on any atom is -0.465 e. The summed E-state index contributed by atoms with van der Waals surface area (Å²) in [6.07, 6.45) is 1.94. The third-order valence-corrected chi connectivity index (χ3v) is 5.80. The molecule has 31 heavy (non-hydrogen) atoms. The van der Waals surface area contributed by atoms with Crippen LogP contribution in [0, 0.1) is 0 Å². The van der Waals surface area contributed by atoms with Crippen molar-refractivity contribution in [3.05, 3.63) is 75.7 Å². The minimum absolute atomic E-state index is 0.0475. The molecule has 0 saturated heterocycles. The Hall–Kier alpha value is -3.94. The number of methoxy groups -OCH3 is 1. The Morgan fingerprint density at radius 3 is 2.84 bits per heavy atom. The summed E-state index contributed by atoms with van der Waals surface area (Å²) < 4.78 is 6.40. The Balaban J connectivity index is 1.44. The number of amides is 1. The van der Waals surface area contributed by atoms with Crippen molar-refractivity contribution in [3.8, 4) is 0 Å². The quantitative estimate of drug-likeness (QED) is 0.517. The number of fused-ring (bicyclic) bond motifs is 4. The van der Waals surface area contributed by atoms with E-state index in [2.05, 4.69) is 10.1 Å². The van der Waals surface area contributed by atoms with Crippen LogP contribution < -0.4 is 5.43 Å². The summed E-state index contributed by atoms with van der Waals surface area (Å²) in [7, 11) is 1.36. The molecule has 3 heterocycles. The van der Waals surface area contributed by atoms with Gasteiger partial charge in [-0.05, 0) is 30.3 Å². The first-order chi connectivity index (χ1) is 15.0. The largest absolute Gasteiger partial charge is 0.465 e. The molecule has 156 valence electrons. The van der Waals surface area contributed by atoms with E-state index in [4.69, 9.17) is 4.74 Å². The molecule has 1 N–H and O–H groups in total. The first-order valence-electron chi connectivity index (χ1n) is 9.99. The molecule has 2 aromatic carbocycles. The third kappa shape index (κ3) is 3.26. The van der Waals surface area contributed by atoms with Gasteiger partial charge in [0.15, 0.2) is 0 Å². The van der Waals surface area contributed by atoms with E-state index in [9.17, 15) is 14.4 Å². The monoisotopic (exact) mass is 416 g/mol. The van der Waals surface area contributed by atoms with E-state index < -0.39 is 5.97 Å². The minimum atomic E-state index is -0.392. The molecule has 1 aliphatic heterocycles. The Bertz CT molecular complexity index is 1400. The number of hydrogen-bond donors (Lipinski definition) is 1. The zero-order valence-electron chi connectivity index (χ0n) is 16.9. The number of carbonyl (C=O) groups excluding carboxylic acids is 2. The molecular formula is C23H20N4O4. The predicted molar refractivity (Wildman–Crippen MR) is 115 cm³/mol. The second kappa shape index (κ2) is 7.39. The molecule has 8 heteroatoms. The molecule has 0 atom stereocenters. The molecule has 0 radical (unpaired) electrons. The zero-order valence-corrected chi connectivity index (χ0v) is 16.9. The average molecular weight is 416 g/mol. The normalized spacial score (nSPS) is 13.4. The standard InChI is InChI=1S/C23H20N4O4/c1-31-23(30)14-6-7-18-16(10-14)17-12-26(9-8-19(17)25-18)22(29)13-27-20-5-3-2-4-15(20)21(28)11-24-27/h2-7,10-11,25H,8-9,12-13H2,1H3. The molecule has 0 saturated carbocycles. The van der Waals surface area contributed by atoms with Crippen LogP contribution in [0.3, 0.4) is 0 Å². The van der Waals surface area contributed by atoms with Gasteiger partial charge in [-0.1, -0.05) is 12.1 Å². The second-order valence-corrected chi connectivity index (χ2v) is 7.58. The van der Waals surface area contributed by atoms with E-state index in [1.54, 1.807) is 39.9 Å². The van der Waals surface area contributed by atoms with E-state index in [1.165, 1.54) is 13.3 Å². The van der Waals surface area contributed by atoms with Gasteiger partial charge in [-0.15, -0.1) is 0 Å². The number of hydrogen-bond acceptors (Lipinski definition) is 5. The van der Waals surface area contributed by atoms with Crippen LogP contribution in [-0.2, 0) is 29.0 Å². The van der Waals surface area contributed by atoms with Gasteiger partial charge in [0.05, 0.1) is 24.4 Å². The number of nitrogens with zero attached hydrogens (tertiary/aromatic N) is 3. The van der Waals surface area contributed by atoms with Crippen LogP contribution in [0.5, 0.6) is 0 Å². The zero-order chi connectivity index (χ0) is 21.5. The molecule has 4 aromatic rings. The number of aromatic nitrogens is 3. The summed E-state index contributed by atoms with van der Waals surface area (Å²) in [5.74, 6) is -0.470. The van der Waals surface area contributed by atoms with E-state index >= 15 is 0 Å². The summed E-state index contributed by atoms with van der Waals surface area (Å²) in [6.45, 7) is 1.07. The van der Waals surface area contributed by atoms with Gasteiger partial charge in [0, 0.05) is 47.1 Å². The van der Waals surface area contributed by atoms with E-state index in [0.717, 1.165) is 22.2 Å². The van der Waals surface area contributed by atoms with Gasteiger partial charge in [0.2, 0.25) is 11.3 Å². The third-order valence-electron chi connectivity index (χ3n) is 5.80. The van der Waals surface area contributed by atoms with Crippen molar-refractivity contribution in [1.29, 1.82) is 0 Å². The molecule has 0 bridgehead atoms. The number of aromatic amines is 1. The van der Waals surface area contributed by atoms with Crippen molar-refractivity contribution in [2.75, 3.05) is 13.7 Å². The molecule has 0 unspecified atom stereocenters. The smallest absolute Gasteiger partial charge is 0.337 e. The van der Waals surface area contributed by atoms with Gasteiger partial charge in [0.1, 0.15) is 6.54 Å². The highest BCUT2D eigenvalue weighted by molar-refractivity contribution is 5.96. The molecule has 0 aliphatic carbocycles. The Kier molecular flexibility index (Phi) is 4.54. The van der Waals surface area contributed by atoms with Crippen LogP contribution in [0.25, 0.3) is 21.8 Å². The Morgan fingerprint density at radius 1 is 1.16 bits per heavy atom. The fourth-order valence-electron chi connectivity index (χ4n) is 4.19. The van der Waals surface area contributed by atoms with Crippen molar-refractivity contribution in [3.63, 3.8) is 0 Å². The number of H-pyrrole nitrogens is 1. The van der Waals surface area contributed by atoms with Crippen LogP contribution in [0.1, 0.15) is 21.6 Å². The molecule has 5 rings (SSSR count). The lowest BCUT2D eigenvalue weighted by Gasteiger charge is -2.27. The maximum atomic E-state index is 13.1. The van der Waals surface area contributed by atoms with Gasteiger partial charge in [-0.25, -0.2) is 4.79 Å². The van der Waals surface area contributed by atoms with Crippen molar-refractivity contribution in [2.24, 2.45) is 0 Å². The van der Waals surface area contributed by atoms with Crippen molar-refractivity contribution >= 4 is 33.7 Å². The summed E-state index contributed by atoms with van der Waals surface area (Å²) in [5.41, 5.74) is 3.97. The summed E-state index contributed by atoms with van der Waals surface area (Å²) >= 11 is 0. The first-order valence-corrected chi connectivity index (χ1v) is 9.99. The number of esters is 1. The van der Waals surface area contributed by atoms with Crippen LogP contribution in [0.4, 0.5) is 0 Å². The molecular weight excluding hydrogens is 396 g/mol. The fourth-order valence-corrected chi connectivity index (χ4v) is 4.19. The van der Waals surface area contributed by atoms with Crippen molar-refractivity contribution in [1.82, 2.24) is 19.7 Å². The second-order valence-electron chi connectivity index (χ2n) is 7.58. The number of ether oxygens (including phenoxy) is 1. The summed E-state index contributed by atoms with van der Waals surface area (Å²) in [6, 6.07) is 12.5. The van der Waals surface area contributed by atoms with Crippen LogP contribution in [-0.4, -0.2) is 45.2 Å². The maximum Gasteiger partial charge on any atom is 0.337 e. The highest BCUT2D eigenvalue weighted by Crippen LogP contribution is 2.29. The molecule has 8 nitrogen and oxygen atoms in total. The lowest BCUT2D eigenvalue weighted by molar-refractivity contribution is -0.132. The first kappa shape index (κ1) is 19.0. The molecule has 0 spiro atoms. The lowest BCUT2D eigenvalue weighted by Crippen LogP contribution is -2.38. The highest BCUT2D eigenvalue weighted by atomic mass is 16.5. The van der Waals surface area contributed by atoms with Crippen molar-refractivity contribution in [2.45, 2.75) is 19.5 Å². The average Bonchev–Trinajstić information content (AvgIpc) is 3.17. The molecule has 1 aliphatic rings. The Labute approximate surface area is 177 Å². The predicted octanol–water partition coefficient (Wildman–Crippen LogP) is 2.25. The maximum absolute atomic E-state index is 13.1. The van der Waals surface area contributed by atoms with Crippen molar-refractivity contribution < 1.29 is 14.3 Å². The van der Waals surface area contributed by atoms with E-state index in [1.807, 2.05) is 12.1 Å². The van der Waals surface area contributed by atoms with Gasteiger partial charge < -0.3 is 14.6 Å². The SMILES string of the molecule is COC(=O)c1ccc2[nH]c3c(c2c1)CN(C(=O)Cn1ncc(=O)c2ccccc21)CC3. The van der Waals surface area contributed by atoms with Crippen LogP contribution >= 0.6 is 0 Å². The fraction of sp³-hybridized carbons (Fsp3) is 0.217. The number of benzene rings is 2. The van der Waals surface area contributed by atoms with Gasteiger partial charge >= 0.3 is 5.97 Å². The van der Waals surface area contributed by atoms with Gasteiger partial charge in [-0.2, -0.15) is 5.10 Å². The highest BCUT2D eigenvalue weighted by Gasteiger charge is 2.25.